The third kappa shape index (κ3) is 6.01. The number of hydrogen-bond donors (Lipinski definition) is 1. The monoisotopic (exact) mass is 651 g/mol. The minimum absolute atomic E-state index is 0.136. The molecule has 2 aromatic carbocycles. The molecule has 11 heteroatoms. The lowest BCUT2D eigenvalue weighted by atomic mass is 9.97. The van der Waals surface area contributed by atoms with Gasteiger partial charge in [-0.3, -0.25) is 19.7 Å². The average Bonchev–Trinajstić information content (AvgIpc) is 3.48. The fraction of sp³-hybridized carbons (Fsp3) is 0.459. The Kier molecular flexibility index (Phi) is 9.07. The van der Waals surface area contributed by atoms with Gasteiger partial charge >= 0.3 is 0 Å². The predicted octanol–water partition coefficient (Wildman–Crippen LogP) is 6.03. The standard InChI is InChI=1S/C37H45N7O4/c1-6-27-22-42(23(2)21-43(27)24(3)26-11-12-28-29(19-26)39-15-14-38-28)30-20-34(45)40-36-31(17-25-10-13-32(46-4)33(18-25)47-5)44(41-37(30)36)35-9-7-8-16-48-35/h10-15,18-20,23-24,27,35H,6-9,16-17,21-22H2,1-5H3,(H,40,45)/t23-,24?,27+,35?/m0/s1. The van der Waals surface area contributed by atoms with Crippen LogP contribution in [0.15, 0.2) is 59.7 Å². The van der Waals surface area contributed by atoms with E-state index in [-0.39, 0.29) is 29.9 Å². The maximum Gasteiger partial charge on any atom is 0.250 e. The Morgan fingerprint density at radius 3 is 2.56 bits per heavy atom. The molecule has 0 amide bonds. The number of pyridine rings is 1. The lowest BCUT2D eigenvalue weighted by Gasteiger charge is -2.48. The minimum atomic E-state index is -0.192. The summed E-state index contributed by atoms with van der Waals surface area (Å²) in [5, 5.41) is 5.24. The molecule has 0 saturated carbocycles. The molecule has 4 atom stereocenters. The van der Waals surface area contributed by atoms with Crippen molar-refractivity contribution >= 4 is 27.8 Å². The first-order valence-electron chi connectivity index (χ1n) is 17.1. The molecule has 48 heavy (non-hydrogen) atoms. The number of piperazine rings is 1. The summed E-state index contributed by atoms with van der Waals surface area (Å²) in [4.78, 5) is 30.6. The lowest BCUT2D eigenvalue weighted by molar-refractivity contribution is -0.0405. The van der Waals surface area contributed by atoms with Gasteiger partial charge in [-0.1, -0.05) is 19.1 Å². The van der Waals surface area contributed by atoms with Gasteiger partial charge in [0.15, 0.2) is 17.7 Å². The van der Waals surface area contributed by atoms with E-state index in [1.807, 2.05) is 22.9 Å². The Balaban J connectivity index is 1.25. The van der Waals surface area contributed by atoms with Crippen molar-refractivity contribution in [1.82, 2.24) is 29.6 Å². The van der Waals surface area contributed by atoms with E-state index >= 15 is 0 Å². The van der Waals surface area contributed by atoms with Crippen LogP contribution < -0.4 is 19.9 Å². The van der Waals surface area contributed by atoms with Crippen LogP contribution in [0.3, 0.4) is 0 Å². The van der Waals surface area contributed by atoms with Gasteiger partial charge in [0.25, 0.3) is 5.56 Å². The summed E-state index contributed by atoms with van der Waals surface area (Å²) in [6.07, 6.45) is 7.78. The summed E-state index contributed by atoms with van der Waals surface area (Å²) >= 11 is 0. The highest BCUT2D eigenvalue weighted by atomic mass is 16.5. The van der Waals surface area contributed by atoms with E-state index in [0.29, 0.717) is 24.5 Å². The third-order valence-corrected chi connectivity index (χ3v) is 10.2. The molecule has 2 saturated heterocycles. The number of nitrogens with zero attached hydrogens (tertiary/aromatic N) is 6. The number of rotatable bonds is 9. The lowest BCUT2D eigenvalue weighted by Crippen LogP contribution is -2.58. The van der Waals surface area contributed by atoms with E-state index in [1.165, 1.54) is 5.56 Å². The first kappa shape index (κ1) is 32.1. The minimum Gasteiger partial charge on any atom is -0.493 e. The molecular weight excluding hydrogens is 606 g/mol. The van der Waals surface area contributed by atoms with Gasteiger partial charge in [0.05, 0.1) is 42.2 Å². The van der Waals surface area contributed by atoms with E-state index in [1.54, 1.807) is 32.7 Å². The molecule has 252 valence electrons. The molecule has 0 spiro atoms. The molecule has 11 nitrogen and oxygen atoms in total. The van der Waals surface area contributed by atoms with E-state index in [4.69, 9.17) is 19.3 Å². The van der Waals surface area contributed by atoms with Crippen LogP contribution in [0.2, 0.25) is 0 Å². The van der Waals surface area contributed by atoms with Crippen LogP contribution in [0.25, 0.3) is 22.1 Å². The van der Waals surface area contributed by atoms with Gasteiger partial charge in [0.1, 0.15) is 5.52 Å². The van der Waals surface area contributed by atoms with Gasteiger partial charge in [0, 0.05) is 62.7 Å². The molecule has 2 unspecified atom stereocenters. The van der Waals surface area contributed by atoms with Crippen LogP contribution in [-0.2, 0) is 11.2 Å². The molecule has 0 aliphatic carbocycles. The fourth-order valence-electron chi connectivity index (χ4n) is 7.53. The first-order valence-corrected chi connectivity index (χ1v) is 17.1. The number of methoxy groups -OCH3 is 2. The summed E-state index contributed by atoms with van der Waals surface area (Å²) in [5.41, 5.74) is 7.29. The number of H-pyrrole nitrogens is 1. The van der Waals surface area contributed by atoms with Crippen molar-refractivity contribution < 1.29 is 14.2 Å². The molecule has 1 N–H and O–H groups in total. The SMILES string of the molecule is CC[C@@H]1CN(c2cc(=O)[nH]c3c(Cc4ccc(OC)c(OC)c4)n(C4CCCCO4)nc23)[C@@H](C)CN1C(C)c1ccc2nccnc2c1. The maximum atomic E-state index is 13.4. The summed E-state index contributed by atoms with van der Waals surface area (Å²) in [5.74, 6) is 1.34. The second-order valence-corrected chi connectivity index (χ2v) is 13.1. The van der Waals surface area contributed by atoms with Crippen LogP contribution in [0, 0.1) is 0 Å². The predicted molar refractivity (Wildman–Crippen MR) is 187 cm³/mol. The Bertz CT molecular complexity index is 1970. The second-order valence-electron chi connectivity index (χ2n) is 13.1. The van der Waals surface area contributed by atoms with Crippen molar-refractivity contribution in [2.45, 2.75) is 77.2 Å². The van der Waals surface area contributed by atoms with Crippen LogP contribution in [0.5, 0.6) is 11.5 Å². The Morgan fingerprint density at radius 2 is 1.81 bits per heavy atom. The zero-order chi connectivity index (χ0) is 33.4. The van der Waals surface area contributed by atoms with Crippen molar-refractivity contribution in [1.29, 1.82) is 0 Å². The van der Waals surface area contributed by atoms with E-state index in [9.17, 15) is 4.79 Å². The van der Waals surface area contributed by atoms with E-state index < -0.39 is 0 Å². The van der Waals surface area contributed by atoms with Gasteiger partial charge in [-0.15, -0.1) is 0 Å². The number of anilines is 1. The van der Waals surface area contributed by atoms with Gasteiger partial charge in [0.2, 0.25) is 0 Å². The zero-order valence-corrected chi connectivity index (χ0v) is 28.5. The van der Waals surface area contributed by atoms with Gasteiger partial charge in [-0.25, -0.2) is 4.68 Å². The van der Waals surface area contributed by atoms with E-state index in [2.05, 4.69) is 63.7 Å². The van der Waals surface area contributed by atoms with Gasteiger partial charge in [-0.2, -0.15) is 5.10 Å². The number of aromatic nitrogens is 5. The number of nitrogens with one attached hydrogen (secondary N) is 1. The first-order chi connectivity index (χ1) is 23.4. The molecular formula is C37H45N7O4. The van der Waals surface area contributed by atoms with Crippen molar-refractivity contribution in [3.05, 3.63) is 82.0 Å². The van der Waals surface area contributed by atoms with Crippen molar-refractivity contribution in [2.75, 3.05) is 38.8 Å². The van der Waals surface area contributed by atoms with Crippen LogP contribution in [0.4, 0.5) is 5.69 Å². The fourth-order valence-corrected chi connectivity index (χ4v) is 7.53. The third-order valence-electron chi connectivity index (χ3n) is 10.2. The molecule has 3 aromatic heterocycles. The Morgan fingerprint density at radius 1 is 1.00 bits per heavy atom. The van der Waals surface area contributed by atoms with Crippen LogP contribution in [0.1, 0.15) is 75.5 Å². The van der Waals surface area contributed by atoms with Crippen LogP contribution in [-0.4, -0.2) is 75.6 Å². The maximum absolute atomic E-state index is 13.4. The number of aromatic amines is 1. The summed E-state index contributed by atoms with van der Waals surface area (Å²) in [6.45, 7) is 9.09. The Labute approximate surface area is 280 Å². The largest absolute Gasteiger partial charge is 0.493 e. The second kappa shape index (κ2) is 13.6. The molecule has 2 aliphatic rings. The number of fused-ring (bicyclic) bond motifs is 2. The Hall–Kier alpha value is -4.48. The molecule has 2 aliphatic heterocycles. The van der Waals surface area contributed by atoms with Crippen molar-refractivity contribution in [3.63, 3.8) is 0 Å². The number of benzene rings is 2. The number of hydrogen-bond acceptors (Lipinski definition) is 9. The van der Waals surface area contributed by atoms with Crippen LogP contribution >= 0.6 is 0 Å². The molecule has 0 bridgehead atoms. The number of ether oxygens (including phenoxy) is 3. The summed E-state index contributed by atoms with van der Waals surface area (Å²) in [6, 6.07) is 14.7. The summed E-state index contributed by atoms with van der Waals surface area (Å²) < 4.78 is 19.4. The van der Waals surface area contributed by atoms with Crippen molar-refractivity contribution in [2.24, 2.45) is 0 Å². The normalized spacial score (nSPS) is 21.1. The molecule has 5 heterocycles. The quantitative estimate of drug-likeness (QED) is 0.204. The highest BCUT2D eigenvalue weighted by Gasteiger charge is 2.36. The highest BCUT2D eigenvalue weighted by Crippen LogP contribution is 2.37. The van der Waals surface area contributed by atoms with Gasteiger partial charge < -0.3 is 24.1 Å². The molecule has 7 rings (SSSR count). The summed E-state index contributed by atoms with van der Waals surface area (Å²) in [7, 11) is 3.28. The molecule has 2 fully saturated rings. The van der Waals surface area contributed by atoms with E-state index in [0.717, 1.165) is 77.8 Å². The zero-order valence-electron chi connectivity index (χ0n) is 28.5. The smallest absolute Gasteiger partial charge is 0.250 e. The van der Waals surface area contributed by atoms with Crippen molar-refractivity contribution in [3.8, 4) is 11.5 Å². The average molecular weight is 652 g/mol. The highest BCUT2D eigenvalue weighted by molar-refractivity contribution is 5.90. The van der Waals surface area contributed by atoms with Gasteiger partial charge in [-0.05, 0) is 74.9 Å². The molecule has 0 radical (unpaired) electrons. The molecule has 5 aromatic rings. The topological polar surface area (TPSA) is 111 Å².